The van der Waals surface area contributed by atoms with Gasteiger partial charge in [0.05, 0.1) is 13.2 Å². The summed E-state index contributed by atoms with van der Waals surface area (Å²) in [6, 6.07) is 18.3. The molecule has 4 nitrogen and oxygen atoms in total. The highest BCUT2D eigenvalue weighted by Gasteiger charge is 2.54. The zero-order chi connectivity index (χ0) is 17.4. The molecule has 0 aromatic heterocycles. The molecule has 0 saturated carbocycles. The van der Waals surface area contributed by atoms with Gasteiger partial charge < -0.3 is 9.47 Å². The molecule has 0 amide bonds. The van der Waals surface area contributed by atoms with Gasteiger partial charge in [0, 0.05) is 23.4 Å². The van der Waals surface area contributed by atoms with Crippen LogP contribution in [0, 0.1) is 5.92 Å². The summed E-state index contributed by atoms with van der Waals surface area (Å²) in [6.07, 6.45) is 0. The van der Waals surface area contributed by atoms with E-state index >= 15 is 0 Å². The van der Waals surface area contributed by atoms with Gasteiger partial charge in [0.15, 0.2) is 0 Å². The largest absolute Gasteiger partial charge is 0.493 e. The first kappa shape index (κ1) is 16.2. The molecule has 4 atom stereocenters. The molecule has 2 heterocycles. The van der Waals surface area contributed by atoms with E-state index in [2.05, 4.69) is 23.1 Å². The van der Waals surface area contributed by atoms with Crippen LogP contribution in [0.15, 0.2) is 54.6 Å². The van der Waals surface area contributed by atoms with Crippen molar-refractivity contribution < 1.29 is 14.3 Å². The van der Waals surface area contributed by atoms with Crippen LogP contribution in [0.5, 0.6) is 5.75 Å². The maximum absolute atomic E-state index is 12.8. The Morgan fingerprint density at radius 2 is 1.88 bits per heavy atom. The molecule has 0 unspecified atom stereocenters. The van der Waals surface area contributed by atoms with E-state index in [4.69, 9.17) is 9.47 Å². The quantitative estimate of drug-likeness (QED) is 0.805. The number of hydrogen-bond donors (Lipinski definition) is 0. The summed E-state index contributed by atoms with van der Waals surface area (Å²) in [5, 5.41) is 0. The number of nitrogens with zero attached hydrogens (tertiary/aromatic N) is 1. The second kappa shape index (κ2) is 6.52. The van der Waals surface area contributed by atoms with E-state index in [1.165, 1.54) is 5.56 Å². The number of rotatable bonds is 3. The molecule has 25 heavy (non-hydrogen) atoms. The fourth-order valence-corrected chi connectivity index (χ4v) is 4.49. The van der Waals surface area contributed by atoms with E-state index in [1.54, 1.807) is 0 Å². The highest BCUT2D eigenvalue weighted by molar-refractivity contribution is 5.78. The topological polar surface area (TPSA) is 38.8 Å². The van der Waals surface area contributed by atoms with Gasteiger partial charge in [-0.05, 0) is 25.6 Å². The second-order valence-corrected chi connectivity index (χ2v) is 6.76. The molecule has 2 aliphatic heterocycles. The normalized spacial score (nSPS) is 27.9. The first-order chi connectivity index (χ1) is 12.2. The van der Waals surface area contributed by atoms with Crippen molar-refractivity contribution in [2.75, 3.05) is 20.3 Å². The zero-order valence-corrected chi connectivity index (χ0v) is 14.6. The van der Waals surface area contributed by atoms with E-state index in [1.807, 2.05) is 50.4 Å². The Morgan fingerprint density at radius 1 is 1.16 bits per heavy atom. The highest BCUT2D eigenvalue weighted by Crippen LogP contribution is 2.53. The van der Waals surface area contributed by atoms with Crippen LogP contribution in [0.1, 0.15) is 30.0 Å². The number of benzene rings is 2. The van der Waals surface area contributed by atoms with Crippen LogP contribution in [0.25, 0.3) is 0 Å². The number of carbonyl (C=O) groups is 1. The molecule has 2 aromatic rings. The molecule has 0 radical (unpaired) electrons. The van der Waals surface area contributed by atoms with Crippen molar-refractivity contribution in [2.24, 2.45) is 5.92 Å². The minimum Gasteiger partial charge on any atom is -0.493 e. The fraction of sp³-hybridized carbons (Fsp3) is 0.381. The third kappa shape index (κ3) is 2.61. The SMILES string of the molecule is CCOC(=O)[C@H]1[C@@H](c2ccccc2)[C@@H]2COc3ccccc3[C@@H]2N1C. The molecule has 1 saturated heterocycles. The number of likely N-dealkylation sites (tertiary alicyclic amines) is 1. The molecule has 0 N–H and O–H groups in total. The lowest BCUT2D eigenvalue weighted by molar-refractivity contribution is -0.148. The van der Waals surface area contributed by atoms with Gasteiger partial charge in [0.1, 0.15) is 11.8 Å². The van der Waals surface area contributed by atoms with Crippen molar-refractivity contribution >= 4 is 5.97 Å². The number of fused-ring (bicyclic) bond motifs is 3. The lowest BCUT2D eigenvalue weighted by Gasteiger charge is -2.33. The van der Waals surface area contributed by atoms with Crippen molar-refractivity contribution in [3.05, 3.63) is 65.7 Å². The van der Waals surface area contributed by atoms with Crippen LogP contribution < -0.4 is 4.74 Å². The number of ether oxygens (including phenoxy) is 2. The summed E-state index contributed by atoms with van der Waals surface area (Å²) in [6.45, 7) is 2.87. The summed E-state index contributed by atoms with van der Waals surface area (Å²) < 4.78 is 11.5. The minimum atomic E-state index is -0.299. The van der Waals surface area contributed by atoms with Gasteiger partial charge in [-0.25, -0.2) is 0 Å². The Labute approximate surface area is 148 Å². The molecule has 0 aliphatic carbocycles. The average Bonchev–Trinajstić information content (AvgIpc) is 2.96. The third-order valence-electron chi connectivity index (χ3n) is 5.47. The van der Waals surface area contributed by atoms with Crippen LogP contribution in [0.3, 0.4) is 0 Å². The Morgan fingerprint density at radius 3 is 2.64 bits per heavy atom. The van der Waals surface area contributed by atoms with Gasteiger partial charge in [-0.2, -0.15) is 0 Å². The maximum Gasteiger partial charge on any atom is 0.324 e. The monoisotopic (exact) mass is 337 g/mol. The molecule has 2 aliphatic rings. The fourth-order valence-electron chi connectivity index (χ4n) is 4.49. The Kier molecular flexibility index (Phi) is 4.22. The first-order valence-corrected chi connectivity index (χ1v) is 8.87. The average molecular weight is 337 g/mol. The van der Waals surface area contributed by atoms with Crippen LogP contribution in [0.4, 0.5) is 0 Å². The Balaban J connectivity index is 1.80. The Bertz CT molecular complexity index is 761. The molecule has 1 fully saturated rings. The molecule has 2 aromatic carbocycles. The zero-order valence-electron chi connectivity index (χ0n) is 14.6. The van der Waals surface area contributed by atoms with E-state index in [0.717, 1.165) is 11.3 Å². The summed E-state index contributed by atoms with van der Waals surface area (Å²) in [7, 11) is 2.03. The van der Waals surface area contributed by atoms with E-state index in [0.29, 0.717) is 13.2 Å². The molecule has 0 spiro atoms. The molecule has 0 bridgehead atoms. The van der Waals surface area contributed by atoms with Crippen LogP contribution in [-0.4, -0.2) is 37.2 Å². The summed E-state index contributed by atoms with van der Waals surface area (Å²) in [5.41, 5.74) is 2.33. The van der Waals surface area contributed by atoms with Gasteiger partial charge >= 0.3 is 5.97 Å². The van der Waals surface area contributed by atoms with E-state index in [-0.39, 0.29) is 29.9 Å². The van der Waals surface area contributed by atoms with Gasteiger partial charge in [-0.3, -0.25) is 9.69 Å². The van der Waals surface area contributed by atoms with Crippen LogP contribution >= 0.6 is 0 Å². The van der Waals surface area contributed by atoms with Gasteiger partial charge in [-0.1, -0.05) is 48.5 Å². The minimum absolute atomic E-state index is 0.0589. The van der Waals surface area contributed by atoms with Crippen molar-refractivity contribution in [2.45, 2.75) is 24.9 Å². The van der Waals surface area contributed by atoms with Crippen LogP contribution in [0.2, 0.25) is 0 Å². The first-order valence-electron chi connectivity index (χ1n) is 8.87. The highest BCUT2D eigenvalue weighted by atomic mass is 16.5. The number of para-hydroxylation sites is 1. The molecule has 130 valence electrons. The lowest BCUT2D eigenvalue weighted by Crippen LogP contribution is -2.38. The van der Waals surface area contributed by atoms with Crippen LogP contribution in [-0.2, 0) is 9.53 Å². The molecule has 4 heteroatoms. The van der Waals surface area contributed by atoms with Gasteiger partial charge in [-0.15, -0.1) is 0 Å². The summed E-state index contributed by atoms with van der Waals surface area (Å²) in [4.78, 5) is 15.0. The van der Waals surface area contributed by atoms with Gasteiger partial charge in [0.2, 0.25) is 0 Å². The number of hydrogen-bond acceptors (Lipinski definition) is 4. The number of esters is 1. The van der Waals surface area contributed by atoms with Crippen molar-refractivity contribution in [3.8, 4) is 5.75 Å². The Hall–Kier alpha value is -2.33. The van der Waals surface area contributed by atoms with Crippen molar-refractivity contribution in [1.82, 2.24) is 4.90 Å². The molecular weight excluding hydrogens is 314 g/mol. The van der Waals surface area contributed by atoms with E-state index in [9.17, 15) is 4.79 Å². The maximum atomic E-state index is 12.8. The molecular formula is C21H23NO3. The smallest absolute Gasteiger partial charge is 0.324 e. The summed E-state index contributed by atoms with van der Waals surface area (Å²) in [5.74, 6) is 1.05. The molecule has 4 rings (SSSR count). The summed E-state index contributed by atoms with van der Waals surface area (Å²) >= 11 is 0. The van der Waals surface area contributed by atoms with Gasteiger partial charge in [0.25, 0.3) is 0 Å². The van der Waals surface area contributed by atoms with Crippen molar-refractivity contribution in [3.63, 3.8) is 0 Å². The standard InChI is InChI=1S/C21H23NO3/c1-3-24-21(23)20-18(14-9-5-4-6-10-14)16-13-25-17-12-8-7-11-15(17)19(16)22(20)2/h4-12,16,18-20H,3,13H2,1-2H3/t16-,18-,19-,20+/m0/s1. The predicted octanol–water partition coefficient (Wildman–Crippen LogP) is 3.40. The second-order valence-electron chi connectivity index (χ2n) is 6.76. The van der Waals surface area contributed by atoms with Crippen molar-refractivity contribution in [1.29, 1.82) is 0 Å². The predicted molar refractivity (Wildman–Crippen MR) is 95.5 cm³/mol. The lowest BCUT2D eigenvalue weighted by atomic mass is 9.79. The number of likely N-dealkylation sites (N-methyl/N-ethyl adjacent to an activating group) is 1. The number of carbonyl (C=O) groups excluding carboxylic acids is 1. The van der Waals surface area contributed by atoms with E-state index < -0.39 is 0 Å². The third-order valence-corrected chi connectivity index (χ3v) is 5.47.